The van der Waals surface area contributed by atoms with Gasteiger partial charge in [0.25, 0.3) is 5.91 Å². The van der Waals surface area contributed by atoms with Gasteiger partial charge >= 0.3 is 5.97 Å². The van der Waals surface area contributed by atoms with Crippen LogP contribution in [-0.2, 0) is 0 Å². The third kappa shape index (κ3) is 5.18. The summed E-state index contributed by atoms with van der Waals surface area (Å²) in [7, 11) is 1.58. The van der Waals surface area contributed by atoms with Crippen molar-refractivity contribution in [3.05, 3.63) is 107 Å². The van der Waals surface area contributed by atoms with E-state index in [1.54, 1.807) is 61.7 Å². The Hall–Kier alpha value is -5.28. The van der Waals surface area contributed by atoms with Crippen LogP contribution in [0.15, 0.2) is 90.0 Å². The van der Waals surface area contributed by atoms with E-state index in [4.69, 9.17) is 30.5 Å². The maximum atomic E-state index is 13.4. The number of halogens is 1. The van der Waals surface area contributed by atoms with E-state index in [0.29, 0.717) is 44.5 Å². The normalized spacial score (nSPS) is 12.0. The number of aromatic amines is 1. The van der Waals surface area contributed by atoms with Gasteiger partial charge in [0.05, 0.1) is 18.9 Å². The Morgan fingerprint density at radius 1 is 0.976 bits per heavy atom. The van der Waals surface area contributed by atoms with Crippen molar-refractivity contribution in [2.75, 3.05) is 13.9 Å². The van der Waals surface area contributed by atoms with E-state index in [2.05, 4.69) is 15.5 Å². The summed E-state index contributed by atoms with van der Waals surface area (Å²) < 4.78 is 21.6. The van der Waals surface area contributed by atoms with Crippen molar-refractivity contribution in [1.82, 2.24) is 10.4 Å². The number of aromatic nitrogens is 1. The number of nitrogens with one attached hydrogen (secondary N) is 2. The highest BCUT2D eigenvalue weighted by molar-refractivity contribution is 6.34. The molecule has 0 atom stereocenters. The number of hydrogen-bond acceptors (Lipinski definition) is 7. The van der Waals surface area contributed by atoms with Crippen LogP contribution in [0.4, 0.5) is 0 Å². The first-order chi connectivity index (χ1) is 20.0. The number of methoxy groups -OCH3 is 1. The maximum absolute atomic E-state index is 13.4. The van der Waals surface area contributed by atoms with Crippen molar-refractivity contribution >= 4 is 40.6 Å². The SMILES string of the molecule is COc1ccc2[nH]c(C(=O)NN=Cc3ccccc3OC(=O)c3ccc4c(c3)OCO4)c(-c3ccccc3Cl)c2c1. The lowest BCUT2D eigenvalue weighted by molar-refractivity contribution is 0.0733. The van der Waals surface area contributed by atoms with Gasteiger partial charge < -0.3 is 23.9 Å². The summed E-state index contributed by atoms with van der Waals surface area (Å²) in [6.07, 6.45) is 1.40. The topological polar surface area (TPSA) is 111 Å². The van der Waals surface area contributed by atoms with Crippen molar-refractivity contribution in [3.63, 3.8) is 0 Å². The molecular weight excluding hydrogens is 546 g/mol. The number of carbonyl (C=O) groups is 2. The largest absolute Gasteiger partial charge is 0.497 e. The van der Waals surface area contributed by atoms with Gasteiger partial charge in [-0.3, -0.25) is 4.79 Å². The van der Waals surface area contributed by atoms with Gasteiger partial charge in [0.15, 0.2) is 11.5 Å². The summed E-state index contributed by atoms with van der Waals surface area (Å²) >= 11 is 6.52. The Morgan fingerprint density at radius 3 is 2.63 bits per heavy atom. The van der Waals surface area contributed by atoms with Crippen molar-refractivity contribution in [2.45, 2.75) is 0 Å². The second kappa shape index (κ2) is 11.1. The molecule has 0 saturated heterocycles. The zero-order valence-electron chi connectivity index (χ0n) is 21.6. The molecule has 0 unspecified atom stereocenters. The molecule has 204 valence electrons. The number of esters is 1. The van der Waals surface area contributed by atoms with Crippen LogP contribution in [0.2, 0.25) is 5.02 Å². The average molecular weight is 568 g/mol. The molecule has 0 spiro atoms. The molecule has 4 aromatic carbocycles. The molecular formula is C31H22ClN3O6. The summed E-state index contributed by atoms with van der Waals surface area (Å²) in [5.74, 6) is 0.886. The fourth-order valence-electron chi connectivity index (χ4n) is 4.49. The Labute approximate surface area is 239 Å². The molecule has 2 N–H and O–H groups in total. The average Bonchev–Trinajstić information content (AvgIpc) is 3.62. The van der Waals surface area contributed by atoms with E-state index in [-0.39, 0.29) is 18.2 Å². The second-order valence-corrected chi connectivity index (χ2v) is 9.37. The molecule has 1 amide bonds. The minimum Gasteiger partial charge on any atom is -0.497 e. The van der Waals surface area contributed by atoms with E-state index in [0.717, 1.165) is 10.9 Å². The fourth-order valence-corrected chi connectivity index (χ4v) is 4.72. The number of rotatable bonds is 7. The minimum atomic E-state index is -0.578. The molecule has 9 nitrogen and oxygen atoms in total. The fraction of sp³-hybridized carbons (Fsp3) is 0.0645. The number of nitrogens with zero attached hydrogens (tertiary/aromatic N) is 1. The Morgan fingerprint density at radius 2 is 1.78 bits per heavy atom. The highest BCUT2D eigenvalue weighted by Gasteiger charge is 2.22. The number of fused-ring (bicyclic) bond motifs is 2. The summed E-state index contributed by atoms with van der Waals surface area (Å²) in [4.78, 5) is 29.3. The highest BCUT2D eigenvalue weighted by atomic mass is 35.5. The minimum absolute atomic E-state index is 0.103. The van der Waals surface area contributed by atoms with Crippen LogP contribution in [0.3, 0.4) is 0 Å². The maximum Gasteiger partial charge on any atom is 0.343 e. The molecule has 6 rings (SSSR count). The second-order valence-electron chi connectivity index (χ2n) is 8.96. The molecule has 0 fully saturated rings. The van der Waals surface area contributed by atoms with Gasteiger partial charge in [0.2, 0.25) is 6.79 Å². The van der Waals surface area contributed by atoms with E-state index in [1.807, 2.05) is 30.3 Å². The Kier molecular flexibility index (Phi) is 7.01. The molecule has 0 bridgehead atoms. The molecule has 1 aromatic heterocycles. The lowest BCUT2D eigenvalue weighted by Gasteiger charge is -2.08. The monoisotopic (exact) mass is 567 g/mol. The molecule has 5 aromatic rings. The van der Waals surface area contributed by atoms with Crippen molar-refractivity contribution < 1.29 is 28.5 Å². The van der Waals surface area contributed by atoms with Crippen LogP contribution < -0.4 is 24.4 Å². The summed E-state index contributed by atoms with van der Waals surface area (Å²) in [6.45, 7) is 0.103. The summed E-state index contributed by atoms with van der Waals surface area (Å²) in [6, 6.07) is 24.4. The van der Waals surface area contributed by atoms with Gasteiger partial charge in [-0.15, -0.1) is 0 Å². The first-order valence-corrected chi connectivity index (χ1v) is 12.9. The van der Waals surface area contributed by atoms with Gasteiger partial charge in [-0.1, -0.05) is 41.9 Å². The van der Waals surface area contributed by atoms with Crippen LogP contribution in [-0.4, -0.2) is 37.0 Å². The zero-order valence-corrected chi connectivity index (χ0v) is 22.4. The predicted molar refractivity (Wildman–Crippen MR) is 154 cm³/mol. The number of H-pyrrole nitrogens is 1. The lowest BCUT2D eigenvalue weighted by Crippen LogP contribution is -2.19. The van der Waals surface area contributed by atoms with Gasteiger partial charge in [-0.25, -0.2) is 10.2 Å². The van der Waals surface area contributed by atoms with Crippen LogP contribution in [0, 0.1) is 0 Å². The number of hydrogen-bond donors (Lipinski definition) is 2. The molecule has 0 saturated carbocycles. The third-order valence-corrected chi connectivity index (χ3v) is 6.81. The van der Waals surface area contributed by atoms with Gasteiger partial charge in [0, 0.05) is 32.6 Å². The molecule has 41 heavy (non-hydrogen) atoms. The first-order valence-electron chi connectivity index (χ1n) is 12.5. The molecule has 0 radical (unpaired) electrons. The smallest absolute Gasteiger partial charge is 0.343 e. The molecule has 2 heterocycles. The Bertz CT molecular complexity index is 1830. The van der Waals surface area contributed by atoms with E-state index in [9.17, 15) is 9.59 Å². The van der Waals surface area contributed by atoms with E-state index < -0.39 is 11.9 Å². The van der Waals surface area contributed by atoms with Crippen LogP contribution in [0.1, 0.15) is 26.4 Å². The third-order valence-electron chi connectivity index (χ3n) is 6.48. The summed E-state index contributed by atoms with van der Waals surface area (Å²) in [5.41, 5.74) is 5.66. The van der Waals surface area contributed by atoms with Crippen LogP contribution >= 0.6 is 11.6 Å². The van der Waals surface area contributed by atoms with Crippen LogP contribution in [0.5, 0.6) is 23.0 Å². The van der Waals surface area contributed by atoms with Crippen LogP contribution in [0.25, 0.3) is 22.0 Å². The number of ether oxygens (including phenoxy) is 4. The zero-order chi connectivity index (χ0) is 28.3. The molecule has 1 aliphatic rings. The number of para-hydroxylation sites is 1. The number of amides is 1. The van der Waals surface area contributed by atoms with Gasteiger partial charge in [-0.2, -0.15) is 5.10 Å². The molecule has 0 aliphatic carbocycles. The van der Waals surface area contributed by atoms with Crippen molar-refractivity contribution in [3.8, 4) is 34.1 Å². The summed E-state index contributed by atoms with van der Waals surface area (Å²) in [5, 5.41) is 5.40. The number of carbonyl (C=O) groups excluding carboxylic acids is 2. The van der Waals surface area contributed by atoms with E-state index >= 15 is 0 Å². The molecule has 1 aliphatic heterocycles. The van der Waals surface area contributed by atoms with Crippen molar-refractivity contribution in [2.24, 2.45) is 5.10 Å². The number of hydrazone groups is 1. The van der Waals surface area contributed by atoms with Gasteiger partial charge in [0.1, 0.15) is 17.2 Å². The Balaban J connectivity index is 1.25. The number of benzene rings is 4. The highest BCUT2D eigenvalue weighted by Crippen LogP contribution is 2.38. The standard InChI is InChI=1S/C31H22ClN3O6/c1-38-20-11-12-24-22(15-20)28(21-7-3-4-8-23(21)32)29(34-24)30(36)35-33-16-19-6-2-5-9-25(19)41-31(37)18-10-13-26-27(14-18)40-17-39-26/h2-16,34H,17H2,1H3,(H,35,36). The quantitative estimate of drug-likeness (QED) is 0.105. The molecule has 10 heteroatoms. The first kappa shape index (κ1) is 26.0. The van der Waals surface area contributed by atoms with Gasteiger partial charge in [-0.05, 0) is 54.6 Å². The predicted octanol–water partition coefficient (Wildman–Crippen LogP) is 6.21. The lowest BCUT2D eigenvalue weighted by atomic mass is 10.0. The van der Waals surface area contributed by atoms with Crippen molar-refractivity contribution in [1.29, 1.82) is 0 Å². The van der Waals surface area contributed by atoms with E-state index in [1.165, 1.54) is 6.21 Å².